The van der Waals surface area contributed by atoms with Gasteiger partial charge in [0.25, 0.3) is 0 Å². The van der Waals surface area contributed by atoms with Crippen LogP contribution in [0.25, 0.3) is 0 Å². The summed E-state index contributed by atoms with van der Waals surface area (Å²) >= 11 is 0. The van der Waals surface area contributed by atoms with Gasteiger partial charge in [0.2, 0.25) is 0 Å². The number of nitrogens with two attached hydrogens (primary N) is 1. The van der Waals surface area contributed by atoms with E-state index in [0.29, 0.717) is 5.92 Å². The quantitative estimate of drug-likeness (QED) is 0.885. The molecule has 2 N–H and O–H groups in total. The molecule has 1 aromatic carbocycles. The zero-order chi connectivity index (χ0) is 13.7. The van der Waals surface area contributed by atoms with Crippen molar-refractivity contribution in [2.24, 2.45) is 11.7 Å². The Labute approximate surface area is 116 Å². The van der Waals surface area contributed by atoms with E-state index in [1.807, 2.05) is 24.3 Å². The predicted octanol–water partition coefficient (Wildman–Crippen LogP) is 3.37. The highest BCUT2D eigenvalue weighted by Gasteiger charge is 2.27. The average molecular weight is 263 g/mol. The Hall–Kier alpha value is -1.22. The third-order valence-corrected chi connectivity index (χ3v) is 3.69. The summed E-state index contributed by atoms with van der Waals surface area (Å²) in [5, 5.41) is 0. The van der Waals surface area contributed by atoms with Gasteiger partial charge in [-0.1, -0.05) is 13.8 Å². The third kappa shape index (κ3) is 4.13. The average Bonchev–Trinajstić information content (AvgIpc) is 2.42. The van der Waals surface area contributed by atoms with E-state index in [9.17, 15) is 0 Å². The van der Waals surface area contributed by atoms with Crippen molar-refractivity contribution in [1.82, 2.24) is 0 Å². The van der Waals surface area contributed by atoms with Crippen molar-refractivity contribution in [2.75, 3.05) is 6.61 Å². The number of hydrogen-bond acceptors (Lipinski definition) is 3. The second-order valence-electron chi connectivity index (χ2n) is 5.56. The van der Waals surface area contributed by atoms with Crippen LogP contribution in [-0.2, 0) is 0 Å². The van der Waals surface area contributed by atoms with Crippen LogP contribution in [0.1, 0.15) is 39.5 Å². The Morgan fingerprint density at radius 1 is 1.16 bits per heavy atom. The molecule has 1 aliphatic rings. The first kappa shape index (κ1) is 14.2. The molecule has 2 rings (SSSR count). The normalized spacial score (nSPS) is 27.0. The highest BCUT2D eigenvalue weighted by atomic mass is 16.5. The summed E-state index contributed by atoms with van der Waals surface area (Å²) in [6.07, 6.45) is 4.49. The summed E-state index contributed by atoms with van der Waals surface area (Å²) in [4.78, 5) is 0. The van der Waals surface area contributed by atoms with Crippen LogP contribution in [0.4, 0.5) is 0 Å². The van der Waals surface area contributed by atoms with Gasteiger partial charge in [-0.2, -0.15) is 0 Å². The van der Waals surface area contributed by atoms with Crippen molar-refractivity contribution < 1.29 is 9.47 Å². The van der Waals surface area contributed by atoms with Crippen molar-refractivity contribution in [3.8, 4) is 11.5 Å². The molecule has 3 heteroatoms. The molecule has 0 heterocycles. The maximum absolute atomic E-state index is 6.13. The largest absolute Gasteiger partial charge is 0.494 e. The molecule has 1 fully saturated rings. The minimum atomic E-state index is 0.145. The van der Waals surface area contributed by atoms with Gasteiger partial charge in [0.05, 0.1) is 6.61 Å². The van der Waals surface area contributed by atoms with E-state index >= 15 is 0 Å². The van der Waals surface area contributed by atoms with E-state index in [0.717, 1.165) is 37.4 Å². The highest BCUT2D eigenvalue weighted by Crippen LogP contribution is 2.27. The molecule has 0 spiro atoms. The second-order valence-corrected chi connectivity index (χ2v) is 5.56. The van der Waals surface area contributed by atoms with Crippen molar-refractivity contribution >= 4 is 0 Å². The molecule has 3 atom stereocenters. The van der Waals surface area contributed by atoms with E-state index in [-0.39, 0.29) is 12.1 Å². The fourth-order valence-corrected chi connectivity index (χ4v) is 2.50. The first-order valence-corrected chi connectivity index (χ1v) is 7.34. The van der Waals surface area contributed by atoms with Gasteiger partial charge in [-0.25, -0.2) is 0 Å². The molecule has 0 radical (unpaired) electrons. The molecule has 0 aromatic heterocycles. The second kappa shape index (κ2) is 6.80. The van der Waals surface area contributed by atoms with Gasteiger partial charge in [-0.3, -0.25) is 0 Å². The molecular weight excluding hydrogens is 238 g/mol. The fraction of sp³-hybridized carbons (Fsp3) is 0.625. The van der Waals surface area contributed by atoms with Crippen molar-refractivity contribution in [1.29, 1.82) is 0 Å². The Kier molecular flexibility index (Phi) is 5.08. The fourth-order valence-electron chi connectivity index (χ4n) is 2.50. The molecule has 0 amide bonds. The number of hydrogen-bond donors (Lipinski definition) is 1. The zero-order valence-electron chi connectivity index (χ0n) is 12.0. The summed E-state index contributed by atoms with van der Waals surface area (Å²) < 4.78 is 11.6. The summed E-state index contributed by atoms with van der Waals surface area (Å²) in [7, 11) is 0. The van der Waals surface area contributed by atoms with Gasteiger partial charge in [-0.15, -0.1) is 0 Å². The summed E-state index contributed by atoms with van der Waals surface area (Å²) in [6, 6.07) is 8.02. The molecule has 1 aromatic rings. The van der Waals surface area contributed by atoms with E-state index in [4.69, 9.17) is 15.2 Å². The third-order valence-electron chi connectivity index (χ3n) is 3.69. The van der Waals surface area contributed by atoms with Crippen LogP contribution in [0.3, 0.4) is 0 Å². The van der Waals surface area contributed by atoms with Crippen molar-refractivity contribution in [3.05, 3.63) is 24.3 Å². The van der Waals surface area contributed by atoms with E-state index in [1.165, 1.54) is 6.42 Å². The summed E-state index contributed by atoms with van der Waals surface area (Å²) in [6.45, 7) is 5.12. The van der Waals surface area contributed by atoms with Crippen LogP contribution in [0.2, 0.25) is 0 Å². The Morgan fingerprint density at radius 3 is 2.53 bits per heavy atom. The molecule has 3 unspecified atom stereocenters. The van der Waals surface area contributed by atoms with E-state index < -0.39 is 0 Å². The monoisotopic (exact) mass is 263 g/mol. The van der Waals surface area contributed by atoms with Gasteiger partial charge >= 0.3 is 0 Å². The maximum atomic E-state index is 6.13. The molecule has 0 saturated heterocycles. The van der Waals surface area contributed by atoms with Gasteiger partial charge in [0.15, 0.2) is 0 Å². The van der Waals surface area contributed by atoms with E-state index in [2.05, 4.69) is 13.8 Å². The SMILES string of the molecule is CCCOc1ccc(OC2CC(C)CCC2N)cc1. The first-order chi connectivity index (χ1) is 9.19. The maximum Gasteiger partial charge on any atom is 0.120 e. The summed E-state index contributed by atoms with van der Waals surface area (Å²) in [5.41, 5.74) is 6.13. The molecule has 1 saturated carbocycles. The van der Waals surface area contributed by atoms with Crippen LogP contribution in [0, 0.1) is 5.92 Å². The van der Waals surface area contributed by atoms with E-state index in [1.54, 1.807) is 0 Å². The minimum absolute atomic E-state index is 0.145. The lowest BCUT2D eigenvalue weighted by Crippen LogP contribution is -2.43. The molecule has 106 valence electrons. The molecule has 3 nitrogen and oxygen atoms in total. The smallest absolute Gasteiger partial charge is 0.120 e. The number of benzene rings is 1. The Bertz CT molecular complexity index is 377. The molecule has 19 heavy (non-hydrogen) atoms. The zero-order valence-corrected chi connectivity index (χ0v) is 12.0. The molecule has 0 bridgehead atoms. The van der Waals surface area contributed by atoms with Crippen molar-refractivity contribution in [2.45, 2.75) is 51.7 Å². The van der Waals surface area contributed by atoms with Gasteiger partial charge < -0.3 is 15.2 Å². The van der Waals surface area contributed by atoms with Gasteiger partial charge in [0, 0.05) is 6.04 Å². The van der Waals surface area contributed by atoms with Crippen LogP contribution in [0.5, 0.6) is 11.5 Å². The molecule has 0 aliphatic heterocycles. The van der Waals surface area contributed by atoms with Crippen LogP contribution in [-0.4, -0.2) is 18.8 Å². The summed E-state index contributed by atoms with van der Waals surface area (Å²) in [5.74, 6) is 2.49. The Morgan fingerprint density at radius 2 is 1.84 bits per heavy atom. The lowest BCUT2D eigenvalue weighted by molar-refractivity contribution is 0.108. The lowest BCUT2D eigenvalue weighted by Gasteiger charge is -2.32. The van der Waals surface area contributed by atoms with Gasteiger partial charge in [-0.05, 0) is 55.9 Å². The topological polar surface area (TPSA) is 44.5 Å². The number of ether oxygens (including phenoxy) is 2. The highest BCUT2D eigenvalue weighted by molar-refractivity contribution is 5.31. The number of rotatable bonds is 5. The first-order valence-electron chi connectivity index (χ1n) is 7.34. The van der Waals surface area contributed by atoms with Crippen LogP contribution in [0.15, 0.2) is 24.3 Å². The molecular formula is C16H25NO2. The minimum Gasteiger partial charge on any atom is -0.494 e. The Balaban J connectivity index is 1.91. The van der Waals surface area contributed by atoms with Crippen LogP contribution >= 0.6 is 0 Å². The van der Waals surface area contributed by atoms with Crippen LogP contribution < -0.4 is 15.2 Å². The van der Waals surface area contributed by atoms with Crippen molar-refractivity contribution in [3.63, 3.8) is 0 Å². The molecule has 1 aliphatic carbocycles. The standard InChI is InChI=1S/C16H25NO2/c1-3-10-18-13-5-7-14(8-6-13)19-16-11-12(2)4-9-15(16)17/h5-8,12,15-16H,3-4,9-11,17H2,1-2H3. The van der Waals surface area contributed by atoms with Gasteiger partial charge in [0.1, 0.15) is 17.6 Å². The lowest BCUT2D eigenvalue weighted by atomic mass is 9.85. The predicted molar refractivity (Wildman–Crippen MR) is 77.6 cm³/mol.